The maximum atomic E-state index is 5.96. The standard InChI is InChI=1S/C13H19N7/c1-9(14)10-2-4-20(5-3-10)13-17-12(18-19-13)11-6-15-8-16-7-11/h6-10H,2-5,14H2,1H3,(H,17,18,19). The van der Waals surface area contributed by atoms with Gasteiger partial charge in [0.15, 0.2) is 5.82 Å². The van der Waals surface area contributed by atoms with Gasteiger partial charge in [-0.15, -0.1) is 5.10 Å². The van der Waals surface area contributed by atoms with Gasteiger partial charge in [-0.2, -0.15) is 4.98 Å². The molecular weight excluding hydrogens is 254 g/mol. The van der Waals surface area contributed by atoms with Crippen molar-refractivity contribution < 1.29 is 0 Å². The molecule has 20 heavy (non-hydrogen) atoms. The molecule has 106 valence electrons. The Morgan fingerprint density at radius 1 is 1.30 bits per heavy atom. The van der Waals surface area contributed by atoms with Crippen LogP contribution >= 0.6 is 0 Å². The quantitative estimate of drug-likeness (QED) is 0.859. The van der Waals surface area contributed by atoms with E-state index in [1.54, 1.807) is 12.4 Å². The van der Waals surface area contributed by atoms with E-state index in [-0.39, 0.29) is 6.04 Å². The van der Waals surface area contributed by atoms with Crippen LogP contribution in [0.2, 0.25) is 0 Å². The SMILES string of the molecule is CC(N)C1CCN(c2n[nH]c(-c3cncnc3)n2)CC1. The lowest BCUT2D eigenvalue weighted by Crippen LogP contribution is -2.40. The molecule has 2 aromatic rings. The zero-order chi connectivity index (χ0) is 13.9. The molecule has 7 heteroatoms. The molecule has 1 aliphatic heterocycles. The molecule has 0 aromatic carbocycles. The normalized spacial score (nSPS) is 18.2. The summed E-state index contributed by atoms with van der Waals surface area (Å²) >= 11 is 0. The fourth-order valence-corrected chi connectivity index (χ4v) is 2.57. The number of aromatic amines is 1. The first-order valence-electron chi connectivity index (χ1n) is 6.92. The van der Waals surface area contributed by atoms with Crippen molar-refractivity contribution in [2.75, 3.05) is 18.0 Å². The molecule has 1 unspecified atom stereocenters. The summed E-state index contributed by atoms with van der Waals surface area (Å²) < 4.78 is 0. The lowest BCUT2D eigenvalue weighted by molar-refractivity contribution is 0.352. The molecule has 2 aromatic heterocycles. The van der Waals surface area contributed by atoms with Crippen LogP contribution < -0.4 is 10.6 Å². The van der Waals surface area contributed by atoms with Gasteiger partial charge in [0.25, 0.3) is 0 Å². The molecule has 0 radical (unpaired) electrons. The van der Waals surface area contributed by atoms with Crippen molar-refractivity contribution in [2.24, 2.45) is 11.7 Å². The summed E-state index contributed by atoms with van der Waals surface area (Å²) in [4.78, 5) is 14.7. The monoisotopic (exact) mass is 273 g/mol. The third-order valence-corrected chi connectivity index (χ3v) is 3.87. The maximum absolute atomic E-state index is 5.96. The predicted molar refractivity (Wildman–Crippen MR) is 76.0 cm³/mol. The van der Waals surface area contributed by atoms with Gasteiger partial charge >= 0.3 is 0 Å². The minimum absolute atomic E-state index is 0.265. The maximum Gasteiger partial charge on any atom is 0.245 e. The Bertz CT molecular complexity index is 543. The van der Waals surface area contributed by atoms with Crippen LogP contribution in [0.15, 0.2) is 18.7 Å². The van der Waals surface area contributed by atoms with Crippen LogP contribution in [0, 0.1) is 5.92 Å². The summed E-state index contributed by atoms with van der Waals surface area (Å²) in [6.07, 6.45) is 7.13. The van der Waals surface area contributed by atoms with Crippen molar-refractivity contribution in [2.45, 2.75) is 25.8 Å². The van der Waals surface area contributed by atoms with E-state index in [2.05, 4.69) is 37.0 Å². The number of hydrogen-bond acceptors (Lipinski definition) is 6. The van der Waals surface area contributed by atoms with Crippen molar-refractivity contribution in [3.63, 3.8) is 0 Å². The summed E-state index contributed by atoms with van der Waals surface area (Å²) in [5, 5.41) is 7.23. The zero-order valence-corrected chi connectivity index (χ0v) is 11.5. The van der Waals surface area contributed by atoms with Gasteiger partial charge in [-0.3, -0.25) is 5.10 Å². The van der Waals surface area contributed by atoms with Crippen LogP contribution in [-0.4, -0.2) is 44.3 Å². The van der Waals surface area contributed by atoms with Crippen LogP contribution in [0.5, 0.6) is 0 Å². The first kappa shape index (κ1) is 13.0. The van der Waals surface area contributed by atoms with Crippen LogP contribution in [0.1, 0.15) is 19.8 Å². The highest BCUT2D eigenvalue weighted by molar-refractivity contribution is 5.53. The van der Waals surface area contributed by atoms with E-state index in [1.165, 1.54) is 6.33 Å². The minimum atomic E-state index is 0.265. The summed E-state index contributed by atoms with van der Waals surface area (Å²) in [5.74, 6) is 2.05. The van der Waals surface area contributed by atoms with Crippen molar-refractivity contribution in [3.05, 3.63) is 18.7 Å². The molecule has 0 amide bonds. The van der Waals surface area contributed by atoms with Gasteiger partial charge < -0.3 is 10.6 Å². The van der Waals surface area contributed by atoms with E-state index in [1.807, 2.05) is 0 Å². The number of rotatable bonds is 3. The second-order valence-corrected chi connectivity index (χ2v) is 5.29. The van der Waals surface area contributed by atoms with Gasteiger partial charge in [-0.05, 0) is 25.7 Å². The number of aromatic nitrogens is 5. The number of piperidine rings is 1. The first-order valence-corrected chi connectivity index (χ1v) is 6.92. The highest BCUT2D eigenvalue weighted by Crippen LogP contribution is 2.23. The molecule has 1 saturated heterocycles. The smallest absolute Gasteiger partial charge is 0.245 e. The Labute approximate surface area is 117 Å². The molecule has 7 nitrogen and oxygen atoms in total. The van der Waals surface area contributed by atoms with Crippen molar-refractivity contribution in [3.8, 4) is 11.4 Å². The van der Waals surface area contributed by atoms with E-state index in [0.717, 1.165) is 37.4 Å². The Morgan fingerprint density at radius 3 is 2.65 bits per heavy atom. The Morgan fingerprint density at radius 2 is 2.00 bits per heavy atom. The van der Waals surface area contributed by atoms with E-state index >= 15 is 0 Å². The topological polar surface area (TPSA) is 96.6 Å². The van der Waals surface area contributed by atoms with Crippen LogP contribution in [-0.2, 0) is 0 Å². The molecule has 3 rings (SSSR count). The lowest BCUT2D eigenvalue weighted by atomic mass is 9.91. The Balaban J connectivity index is 1.69. The third kappa shape index (κ3) is 2.62. The highest BCUT2D eigenvalue weighted by atomic mass is 15.4. The molecule has 0 bridgehead atoms. The van der Waals surface area contributed by atoms with Gasteiger partial charge in [-0.25, -0.2) is 9.97 Å². The molecule has 1 aliphatic rings. The van der Waals surface area contributed by atoms with Gasteiger partial charge in [0.2, 0.25) is 5.95 Å². The number of nitrogens with one attached hydrogen (secondary N) is 1. The van der Waals surface area contributed by atoms with Gasteiger partial charge in [0, 0.05) is 31.5 Å². The van der Waals surface area contributed by atoms with Crippen LogP contribution in [0.4, 0.5) is 5.95 Å². The second-order valence-electron chi connectivity index (χ2n) is 5.29. The summed E-state index contributed by atoms with van der Waals surface area (Å²) in [7, 11) is 0. The molecular formula is C13H19N7. The Kier molecular flexibility index (Phi) is 3.60. The summed E-state index contributed by atoms with van der Waals surface area (Å²) in [6.45, 7) is 3.99. The van der Waals surface area contributed by atoms with E-state index in [9.17, 15) is 0 Å². The molecule has 1 atom stereocenters. The van der Waals surface area contributed by atoms with Crippen LogP contribution in [0.25, 0.3) is 11.4 Å². The van der Waals surface area contributed by atoms with Gasteiger partial charge in [0.05, 0.1) is 5.56 Å². The number of nitrogens with zero attached hydrogens (tertiary/aromatic N) is 5. The second kappa shape index (κ2) is 5.54. The number of nitrogens with two attached hydrogens (primary N) is 1. The average Bonchev–Trinajstić information content (AvgIpc) is 2.98. The summed E-state index contributed by atoms with van der Waals surface area (Å²) in [6, 6.07) is 0.265. The molecule has 3 heterocycles. The number of H-pyrrole nitrogens is 1. The third-order valence-electron chi connectivity index (χ3n) is 3.87. The van der Waals surface area contributed by atoms with Gasteiger partial charge in [0.1, 0.15) is 6.33 Å². The fourth-order valence-electron chi connectivity index (χ4n) is 2.57. The van der Waals surface area contributed by atoms with Crippen molar-refractivity contribution in [1.82, 2.24) is 25.1 Å². The highest BCUT2D eigenvalue weighted by Gasteiger charge is 2.24. The minimum Gasteiger partial charge on any atom is -0.340 e. The predicted octanol–water partition coefficient (Wildman–Crippen LogP) is 0.825. The van der Waals surface area contributed by atoms with Gasteiger partial charge in [-0.1, -0.05) is 0 Å². The molecule has 0 spiro atoms. The Hall–Kier alpha value is -2.02. The van der Waals surface area contributed by atoms with Crippen molar-refractivity contribution >= 4 is 5.95 Å². The summed E-state index contributed by atoms with van der Waals surface area (Å²) in [5.41, 5.74) is 6.81. The fraction of sp³-hybridized carbons (Fsp3) is 0.538. The van der Waals surface area contributed by atoms with E-state index in [4.69, 9.17) is 5.73 Å². The molecule has 1 fully saturated rings. The van der Waals surface area contributed by atoms with E-state index in [0.29, 0.717) is 11.7 Å². The van der Waals surface area contributed by atoms with Crippen molar-refractivity contribution in [1.29, 1.82) is 0 Å². The van der Waals surface area contributed by atoms with E-state index < -0.39 is 0 Å². The molecule has 3 N–H and O–H groups in total. The molecule has 0 saturated carbocycles. The largest absolute Gasteiger partial charge is 0.340 e. The zero-order valence-electron chi connectivity index (χ0n) is 11.5. The number of hydrogen-bond donors (Lipinski definition) is 2. The number of anilines is 1. The first-order chi connectivity index (χ1) is 9.74. The molecule has 0 aliphatic carbocycles. The van der Waals surface area contributed by atoms with Crippen LogP contribution in [0.3, 0.4) is 0 Å². The lowest BCUT2D eigenvalue weighted by Gasteiger charge is -2.32. The average molecular weight is 273 g/mol.